The van der Waals surface area contributed by atoms with Crippen molar-refractivity contribution in [1.29, 1.82) is 0 Å². The van der Waals surface area contributed by atoms with Crippen molar-refractivity contribution < 1.29 is 4.79 Å². The van der Waals surface area contributed by atoms with E-state index in [2.05, 4.69) is 29.0 Å². The maximum absolute atomic E-state index is 12.0. The van der Waals surface area contributed by atoms with Crippen LogP contribution >= 0.6 is 11.6 Å². The molecule has 0 fully saturated rings. The lowest BCUT2D eigenvalue weighted by molar-refractivity contribution is 0.0929. The van der Waals surface area contributed by atoms with Crippen LogP contribution in [0, 0.1) is 5.41 Å². The van der Waals surface area contributed by atoms with E-state index in [1.54, 1.807) is 0 Å². The number of nitrogens with two attached hydrogens (primary N) is 1. The molecular weight excluding hydrogens is 264 g/mol. The van der Waals surface area contributed by atoms with E-state index in [9.17, 15) is 4.79 Å². The zero-order valence-electron chi connectivity index (χ0n) is 11.8. The molecule has 6 heteroatoms. The summed E-state index contributed by atoms with van der Waals surface area (Å²) in [6, 6.07) is 1.53. The second-order valence-electron chi connectivity index (χ2n) is 5.69. The van der Waals surface area contributed by atoms with Crippen molar-refractivity contribution in [1.82, 2.24) is 15.2 Å². The van der Waals surface area contributed by atoms with Gasteiger partial charge in [0, 0.05) is 13.1 Å². The van der Waals surface area contributed by atoms with Gasteiger partial charge in [0.15, 0.2) is 0 Å². The number of nitrogens with one attached hydrogen (secondary N) is 1. The van der Waals surface area contributed by atoms with E-state index in [1.807, 2.05) is 14.1 Å². The normalized spacial score (nSPS) is 11.7. The summed E-state index contributed by atoms with van der Waals surface area (Å²) in [5.41, 5.74) is 6.30. The molecule has 1 heterocycles. The highest BCUT2D eigenvalue weighted by atomic mass is 35.5. The quantitative estimate of drug-likeness (QED) is 0.806. The van der Waals surface area contributed by atoms with Crippen molar-refractivity contribution in [2.75, 3.05) is 32.9 Å². The highest BCUT2D eigenvalue weighted by Crippen LogP contribution is 2.17. The molecule has 0 aliphatic carbocycles. The third-order valence-electron chi connectivity index (χ3n) is 2.58. The highest BCUT2D eigenvalue weighted by molar-refractivity contribution is 6.32. The summed E-state index contributed by atoms with van der Waals surface area (Å²) in [5.74, 6) is -0.253. The first-order valence-electron chi connectivity index (χ1n) is 6.05. The van der Waals surface area contributed by atoms with Gasteiger partial charge in [-0.05, 0) is 25.6 Å². The van der Waals surface area contributed by atoms with E-state index in [-0.39, 0.29) is 16.5 Å². The Labute approximate surface area is 119 Å². The first-order valence-corrected chi connectivity index (χ1v) is 6.43. The maximum Gasteiger partial charge on any atom is 0.254 e. The molecule has 0 aliphatic heterocycles. The monoisotopic (exact) mass is 284 g/mol. The van der Waals surface area contributed by atoms with Crippen LogP contribution in [0.5, 0.6) is 0 Å². The van der Waals surface area contributed by atoms with Crippen molar-refractivity contribution >= 4 is 23.2 Å². The molecule has 1 amide bonds. The van der Waals surface area contributed by atoms with Crippen LogP contribution in [0.1, 0.15) is 24.2 Å². The van der Waals surface area contributed by atoms with Gasteiger partial charge in [0.2, 0.25) is 0 Å². The maximum atomic E-state index is 12.0. The summed E-state index contributed by atoms with van der Waals surface area (Å²) in [5, 5.41) is 3.03. The summed E-state index contributed by atoms with van der Waals surface area (Å²) < 4.78 is 0. The number of aromatic nitrogens is 1. The molecule has 5 nitrogen and oxygen atoms in total. The fourth-order valence-corrected chi connectivity index (χ4v) is 2.14. The number of rotatable bonds is 5. The number of carbonyl (C=O) groups excluding carboxylic acids is 1. The van der Waals surface area contributed by atoms with Gasteiger partial charge in [-0.15, -0.1) is 0 Å². The minimum absolute atomic E-state index is 0.0284. The van der Waals surface area contributed by atoms with Gasteiger partial charge in [0.1, 0.15) is 5.15 Å². The first kappa shape index (κ1) is 15.7. The van der Waals surface area contributed by atoms with Crippen molar-refractivity contribution in [2.24, 2.45) is 5.41 Å². The van der Waals surface area contributed by atoms with Crippen LogP contribution in [0.4, 0.5) is 5.69 Å². The van der Waals surface area contributed by atoms with Crippen molar-refractivity contribution in [3.8, 4) is 0 Å². The number of nitrogen functional groups attached to an aromatic ring is 1. The van der Waals surface area contributed by atoms with E-state index < -0.39 is 0 Å². The Bertz CT molecular complexity index is 460. The number of hydrogen-bond acceptors (Lipinski definition) is 4. The number of carbonyl (C=O) groups is 1. The van der Waals surface area contributed by atoms with Gasteiger partial charge in [-0.1, -0.05) is 25.4 Å². The van der Waals surface area contributed by atoms with Crippen LogP contribution in [-0.2, 0) is 0 Å². The number of halogens is 1. The third-order valence-corrected chi connectivity index (χ3v) is 2.88. The first-order chi connectivity index (χ1) is 8.71. The zero-order chi connectivity index (χ0) is 14.6. The molecule has 0 unspecified atom stereocenters. The fraction of sp³-hybridized carbons (Fsp3) is 0.538. The minimum atomic E-state index is -0.253. The minimum Gasteiger partial charge on any atom is -0.397 e. The Morgan fingerprint density at radius 2 is 2.16 bits per heavy atom. The second-order valence-corrected chi connectivity index (χ2v) is 6.05. The molecule has 0 aromatic carbocycles. The summed E-state index contributed by atoms with van der Waals surface area (Å²) in [6.45, 7) is 5.60. The summed E-state index contributed by atoms with van der Waals surface area (Å²) in [4.78, 5) is 18.0. The second kappa shape index (κ2) is 6.21. The molecule has 0 saturated heterocycles. The number of nitrogens with zero attached hydrogens (tertiary/aromatic N) is 2. The van der Waals surface area contributed by atoms with Gasteiger partial charge >= 0.3 is 0 Å². The molecule has 0 aliphatic rings. The largest absolute Gasteiger partial charge is 0.397 e. The number of pyridine rings is 1. The lowest BCUT2D eigenvalue weighted by Gasteiger charge is -2.28. The van der Waals surface area contributed by atoms with Crippen LogP contribution in [0.15, 0.2) is 12.3 Å². The van der Waals surface area contributed by atoms with Crippen molar-refractivity contribution in [3.05, 3.63) is 23.0 Å². The Balaban J connectivity index is 2.68. The molecule has 1 aromatic rings. The molecular formula is C13H21ClN4O. The Hall–Kier alpha value is -1.33. The van der Waals surface area contributed by atoms with Gasteiger partial charge in [-0.25, -0.2) is 4.98 Å². The summed E-state index contributed by atoms with van der Waals surface area (Å²) >= 11 is 5.89. The van der Waals surface area contributed by atoms with Crippen LogP contribution < -0.4 is 11.1 Å². The smallest absolute Gasteiger partial charge is 0.254 e. The van der Waals surface area contributed by atoms with Crippen molar-refractivity contribution in [3.63, 3.8) is 0 Å². The molecule has 1 rings (SSSR count). The van der Waals surface area contributed by atoms with E-state index in [1.165, 1.54) is 12.3 Å². The van der Waals surface area contributed by atoms with Crippen LogP contribution in [-0.4, -0.2) is 43.0 Å². The third kappa shape index (κ3) is 5.04. The van der Waals surface area contributed by atoms with E-state index in [4.69, 9.17) is 17.3 Å². The molecule has 0 atom stereocenters. The van der Waals surface area contributed by atoms with Gasteiger partial charge in [0.25, 0.3) is 5.91 Å². The Morgan fingerprint density at radius 1 is 1.53 bits per heavy atom. The predicted molar refractivity (Wildman–Crippen MR) is 78.3 cm³/mol. The van der Waals surface area contributed by atoms with Crippen LogP contribution in [0.2, 0.25) is 5.15 Å². The molecule has 106 valence electrons. The molecule has 0 bridgehead atoms. The topological polar surface area (TPSA) is 71.2 Å². The predicted octanol–water partition coefficient (Wildman–Crippen LogP) is 1.63. The molecule has 19 heavy (non-hydrogen) atoms. The lowest BCUT2D eigenvalue weighted by atomic mass is 9.93. The molecule has 0 saturated carbocycles. The SMILES string of the molecule is CN(C)CC(C)(C)CNC(=O)c1cc(N)cnc1Cl. The summed E-state index contributed by atoms with van der Waals surface area (Å²) in [7, 11) is 4.00. The van der Waals surface area contributed by atoms with Crippen LogP contribution in [0.3, 0.4) is 0 Å². The van der Waals surface area contributed by atoms with Gasteiger partial charge in [-0.2, -0.15) is 0 Å². The molecule has 0 spiro atoms. The highest BCUT2D eigenvalue weighted by Gasteiger charge is 2.21. The van der Waals surface area contributed by atoms with Crippen LogP contribution in [0.25, 0.3) is 0 Å². The van der Waals surface area contributed by atoms with E-state index in [0.29, 0.717) is 17.8 Å². The van der Waals surface area contributed by atoms with Crippen molar-refractivity contribution in [2.45, 2.75) is 13.8 Å². The Kier molecular flexibility index (Phi) is 5.14. The van der Waals surface area contributed by atoms with Gasteiger partial charge in [0.05, 0.1) is 17.4 Å². The van der Waals surface area contributed by atoms with Gasteiger partial charge in [-0.3, -0.25) is 4.79 Å². The fourth-order valence-electron chi connectivity index (χ4n) is 1.95. The number of amides is 1. The average molecular weight is 285 g/mol. The molecule has 3 N–H and O–H groups in total. The molecule has 0 radical (unpaired) electrons. The number of anilines is 1. The average Bonchev–Trinajstić information content (AvgIpc) is 2.27. The standard InChI is InChI=1S/C13H21ClN4O/c1-13(2,8-18(3)4)7-17-12(19)10-5-9(15)6-16-11(10)14/h5-6H,7-8,15H2,1-4H3,(H,17,19). The molecule has 1 aromatic heterocycles. The number of hydrogen-bond donors (Lipinski definition) is 2. The Morgan fingerprint density at radius 3 is 2.74 bits per heavy atom. The van der Waals surface area contributed by atoms with E-state index >= 15 is 0 Å². The van der Waals surface area contributed by atoms with Gasteiger partial charge < -0.3 is 16.0 Å². The van der Waals surface area contributed by atoms with E-state index in [0.717, 1.165) is 6.54 Å². The lowest BCUT2D eigenvalue weighted by Crippen LogP contribution is -2.40. The summed E-state index contributed by atoms with van der Waals surface area (Å²) in [6.07, 6.45) is 1.43. The zero-order valence-corrected chi connectivity index (χ0v) is 12.6.